The minimum Gasteiger partial charge on any atom is -0.365 e. The molecule has 2 amide bonds. The largest absolute Gasteiger partial charge is 0.365 e. The molecule has 0 fully saturated rings. The van der Waals surface area contributed by atoms with Crippen LogP contribution in [0, 0.1) is 13.8 Å². The molecule has 0 unspecified atom stereocenters. The molecule has 7 heteroatoms. The minimum atomic E-state index is -0.536. The van der Waals surface area contributed by atoms with Crippen LogP contribution < -0.4 is 11.1 Å². The third kappa shape index (κ3) is 2.57. The molecule has 0 aliphatic carbocycles. The number of nitrogens with two attached hydrogens (primary N) is 1. The van der Waals surface area contributed by atoms with Gasteiger partial charge in [0.1, 0.15) is 5.00 Å². The van der Waals surface area contributed by atoms with Crippen LogP contribution in [-0.2, 0) is 6.54 Å². The van der Waals surface area contributed by atoms with Gasteiger partial charge in [-0.25, -0.2) is 0 Å². The number of hydrogen-bond acceptors (Lipinski definition) is 4. The summed E-state index contributed by atoms with van der Waals surface area (Å²) in [5.74, 6) is -0.833. The van der Waals surface area contributed by atoms with Crippen LogP contribution >= 0.6 is 11.3 Å². The SMILES string of the molecule is CCn1cc(C(=O)Nc2sc(C)c(C)c2C(N)=O)cn1. The van der Waals surface area contributed by atoms with Crippen LogP contribution in [0.5, 0.6) is 0 Å². The Morgan fingerprint density at radius 1 is 1.45 bits per heavy atom. The molecule has 2 heterocycles. The lowest BCUT2D eigenvalue weighted by Gasteiger charge is -2.03. The van der Waals surface area contributed by atoms with Crippen LogP contribution in [0.1, 0.15) is 38.1 Å². The average molecular weight is 292 g/mol. The fourth-order valence-electron chi connectivity index (χ4n) is 1.84. The van der Waals surface area contributed by atoms with E-state index in [9.17, 15) is 9.59 Å². The Bertz CT molecular complexity index is 672. The minimum absolute atomic E-state index is 0.298. The van der Waals surface area contributed by atoms with Gasteiger partial charge in [0.05, 0.1) is 17.3 Å². The van der Waals surface area contributed by atoms with E-state index < -0.39 is 5.91 Å². The molecule has 0 spiro atoms. The monoisotopic (exact) mass is 292 g/mol. The summed E-state index contributed by atoms with van der Waals surface area (Å²) in [5.41, 5.74) is 7.00. The number of nitrogens with one attached hydrogen (secondary N) is 1. The third-order valence-electron chi connectivity index (χ3n) is 3.08. The molecule has 2 aromatic heterocycles. The van der Waals surface area contributed by atoms with Crippen molar-refractivity contribution in [1.82, 2.24) is 9.78 Å². The van der Waals surface area contributed by atoms with Gasteiger partial charge < -0.3 is 11.1 Å². The van der Waals surface area contributed by atoms with E-state index in [2.05, 4.69) is 10.4 Å². The van der Waals surface area contributed by atoms with Crippen LogP contribution in [0.15, 0.2) is 12.4 Å². The fraction of sp³-hybridized carbons (Fsp3) is 0.308. The maximum atomic E-state index is 12.1. The van der Waals surface area contributed by atoms with Gasteiger partial charge in [0, 0.05) is 17.6 Å². The highest BCUT2D eigenvalue weighted by atomic mass is 32.1. The zero-order chi connectivity index (χ0) is 14.9. The second-order valence-electron chi connectivity index (χ2n) is 4.39. The molecule has 20 heavy (non-hydrogen) atoms. The number of thiophene rings is 1. The second kappa shape index (κ2) is 5.46. The summed E-state index contributed by atoms with van der Waals surface area (Å²) in [6.07, 6.45) is 3.16. The number of aromatic nitrogens is 2. The van der Waals surface area contributed by atoms with E-state index in [1.54, 1.807) is 10.9 Å². The molecule has 0 bridgehead atoms. The number of carbonyl (C=O) groups excluding carboxylic acids is 2. The zero-order valence-corrected chi connectivity index (χ0v) is 12.4. The van der Waals surface area contributed by atoms with E-state index in [0.717, 1.165) is 10.4 Å². The Labute approximate surface area is 120 Å². The molecule has 0 radical (unpaired) electrons. The molecule has 0 aliphatic heterocycles. The number of carbonyl (C=O) groups is 2. The number of rotatable bonds is 4. The highest BCUT2D eigenvalue weighted by Gasteiger charge is 2.19. The summed E-state index contributed by atoms with van der Waals surface area (Å²) in [4.78, 5) is 24.6. The smallest absolute Gasteiger partial charge is 0.259 e. The van der Waals surface area contributed by atoms with Crippen molar-refractivity contribution in [2.45, 2.75) is 27.3 Å². The number of primary amides is 1. The van der Waals surface area contributed by atoms with Gasteiger partial charge in [0.25, 0.3) is 11.8 Å². The van der Waals surface area contributed by atoms with Crippen molar-refractivity contribution in [3.63, 3.8) is 0 Å². The normalized spacial score (nSPS) is 10.6. The first-order chi connectivity index (χ1) is 9.43. The van der Waals surface area contributed by atoms with Gasteiger partial charge in [0.2, 0.25) is 0 Å². The standard InChI is InChI=1S/C13H16N4O2S/c1-4-17-6-9(5-15-17)12(19)16-13-10(11(14)18)7(2)8(3)20-13/h5-6H,4H2,1-3H3,(H2,14,18)(H,16,19). The van der Waals surface area contributed by atoms with Crippen LogP contribution in [-0.4, -0.2) is 21.6 Å². The third-order valence-corrected chi connectivity index (χ3v) is 4.20. The van der Waals surface area contributed by atoms with Gasteiger partial charge in [-0.2, -0.15) is 5.10 Å². The van der Waals surface area contributed by atoms with Crippen molar-refractivity contribution in [3.05, 3.63) is 34.0 Å². The molecule has 106 valence electrons. The molecule has 6 nitrogen and oxygen atoms in total. The Morgan fingerprint density at radius 3 is 2.70 bits per heavy atom. The van der Waals surface area contributed by atoms with Crippen LogP contribution in [0.25, 0.3) is 0 Å². The van der Waals surface area contributed by atoms with Crippen molar-refractivity contribution in [2.24, 2.45) is 5.73 Å². The highest BCUT2D eigenvalue weighted by Crippen LogP contribution is 2.32. The summed E-state index contributed by atoms with van der Waals surface area (Å²) in [5, 5.41) is 7.27. The average Bonchev–Trinajstić information content (AvgIpc) is 2.95. The topological polar surface area (TPSA) is 90.0 Å². The number of aryl methyl sites for hydroxylation is 2. The van der Waals surface area contributed by atoms with E-state index in [0.29, 0.717) is 22.7 Å². The second-order valence-corrected chi connectivity index (χ2v) is 5.62. The summed E-state index contributed by atoms with van der Waals surface area (Å²) in [7, 11) is 0. The van der Waals surface area contributed by atoms with Crippen LogP contribution in [0.4, 0.5) is 5.00 Å². The molecule has 0 aliphatic rings. The van der Waals surface area contributed by atoms with E-state index in [4.69, 9.17) is 5.73 Å². The Hall–Kier alpha value is -2.15. The first kappa shape index (κ1) is 14.3. The summed E-state index contributed by atoms with van der Waals surface area (Å²) in [6.45, 7) is 6.33. The number of nitrogens with zero attached hydrogens (tertiary/aromatic N) is 2. The quantitative estimate of drug-likeness (QED) is 0.902. The molecular formula is C13H16N4O2S. The van der Waals surface area contributed by atoms with E-state index in [1.165, 1.54) is 17.5 Å². The molecule has 2 rings (SSSR count). The molecule has 0 aromatic carbocycles. The van der Waals surface area contributed by atoms with Crippen molar-refractivity contribution in [3.8, 4) is 0 Å². The maximum absolute atomic E-state index is 12.1. The summed E-state index contributed by atoms with van der Waals surface area (Å²) in [6, 6.07) is 0. The van der Waals surface area contributed by atoms with Gasteiger partial charge in [-0.05, 0) is 26.3 Å². The van der Waals surface area contributed by atoms with Gasteiger partial charge in [-0.3, -0.25) is 14.3 Å². The van der Waals surface area contributed by atoms with Crippen molar-refractivity contribution in [1.29, 1.82) is 0 Å². The molecule has 0 atom stereocenters. The molecule has 0 saturated heterocycles. The Kier molecular flexibility index (Phi) is 3.89. The van der Waals surface area contributed by atoms with Crippen LogP contribution in [0.3, 0.4) is 0 Å². The van der Waals surface area contributed by atoms with E-state index in [-0.39, 0.29) is 5.91 Å². The lowest BCUT2D eigenvalue weighted by atomic mass is 10.1. The Morgan fingerprint density at radius 2 is 2.15 bits per heavy atom. The zero-order valence-electron chi connectivity index (χ0n) is 11.6. The maximum Gasteiger partial charge on any atom is 0.259 e. The fourth-order valence-corrected chi connectivity index (χ4v) is 2.90. The predicted octanol–water partition coefficient (Wildman–Crippen LogP) is 1.93. The number of amides is 2. The first-order valence-electron chi connectivity index (χ1n) is 6.17. The van der Waals surface area contributed by atoms with E-state index >= 15 is 0 Å². The number of anilines is 1. The van der Waals surface area contributed by atoms with Crippen molar-refractivity contribution < 1.29 is 9.59 Å². The molecular weight excluding hydrogens is 276 g/mol. The lowest BCUT2D eigenvalue weighted by Crippen LogP contribution is -2.17. The van der Waals surface area contributed by atoms with Gasteiger partial charge in [-0.1, -0.05) is 0 Å². The lowest BCUT2D eigenvalue weighted by molar-refractivity contribution is 0.100. The summed E-state index contributed by atoms with van der Waals surface area (Å²) < 4.78 is 1.66. The van der Waals surface area contributed by atoms with Gasteiger partial charge in [0.15, 0.2) is 0 Å². The van der Waals surface area contributed by atoms with Crippen molar-refractivity contribution in [2.75, 3.05) is 5.32 Å². The Balaban J connectivity index is 2.28. The highest BCUT2D eigenvalue weighted by molar-refractivity contribution is 7.16. The number of hydrogen-bond donors (Lipinski definition) is 2. The molecule has 2 aromatic rings. The van der Waals surface area contributed by atoms with Gasteiger partial charge >= 0.3 is 0 Å². The van der Waals surface area contributed by atoms with E-state index in [1.807, 2.05) is 20.8 Å². The molecule has 0 saturated carbocycles. The van der Waals surface area contributed by atoms with Crippen LogP contribution in [0.2, 0.25) is 0 Å². The molecule has 3 N–H and O–H groups in total. The van der Waals surface area contributed by atoms with Crippen molar-refractivity contribution >= 4 is 28.2 Å². The summed E-state index contributed by atoms with van der Waals surface area (Å²) >= 11 is 1.34. The first-order valence-corrected chi connectivity index (χ1v) is 6.99. The van der Waals surface area contributed by atoms with Gasteiger partial charge in [-0.15, -0.1) is 11.3 Å². The predicted molar refractivity (Wildman–Crippen MR) is 78.2 cm³/mol.